The highest BCUT2D eigenvalue weighted by atomic mass is 16.5. The van der Waals surface area contributed by atoms with E-state index < -0.39 is 24.0 Å². The molecule has 2 aromatic carbocycles. The number of allylic oxidation sites excluding steroid dienone is 2. The van der Waals surface area contributed by atoms with E-state index in [1.54, 1.807) is 13.0 Å². The first-order valence-electron chi connectivity index (χ1n) is 24.4. The van der Waals surface area contributed by atoms with Crippen molar-refractivity contribution in [2.24, 2.45) is 41.2 Å². The molecule has 9 unspecified atom stereocenters. The Labute approximate surface area is 388 Å². The van der Waals surface area contributed by atoms with Crippen LogP contribution in [0.2, 0.25) is 0 Å². The number of nitrogens with one attached hydrogen (secondary N) is 3. The number of ether oxygens (including phenoxy) is 1. The number of fused-ring (bicyclic) bond motifs is 2. The summed E-state index contributed by atoms with van der Waals surface area (Å²) in [5, 5.41) is 39.8. The summed E-state index contributed by atoms with van der Waals surface area (Å²) in [6, 6.07) is 14.2. The highest BCUT2D eigenvalue weighted by molar-refractivity contribution is 6.00. The number of ketones is 2. The second-order valence-corrected chi connectivity index (χ2v) is 19.9. The second-order valence-electron chi connectivity index (χ2n) is 19.9. The molecule has 0 saturated heterocycles. The van der Waals surface area contributed by atoms with Gasteiger partial charge in [0.25, 0.3) is 0 Å². The van der Waals surface area contributed by atoms with Crippen LogP contribution in [0, 0.1) is 47.3 Å². The molecule has 9 atom stereocenters. The van der Waals surface area contributed by atoms with E-state index in [-0.39, 0.29) is 59.7 Å². The van der Waals surface area contributed by atoms with Gasteiger partial charge < -0.3 is 41.4 Å². The van der Waals surface area contributed by atoms with Crippen molar-refractivity contribution in [2.45, 2.75) is 136 Å². The molecule has 10 heteroatoms. The molecule has 0 amide bonds. The maximum absolute atomic E-state index is 14.8. The fourth-order valence-corrected chi connectivity index (χ4v) is 10.7. The van der Waals surface area contributed by atoms with Gasteiger partial charge in [-0.15, -0.1) is 0 Å². The van der Waals surface area contributed by atoms with Gasteiger partial charge in [-0.25, -0.2) is 0 Å². The number of nitrogens with two attached hydrogens (primary N) is 1. The summed E-state index contributed by atoms with van der Waals surface area (Å²) in [4.78, 5) is 32.2. The normalized spacial score (nSPS) is 23.4. The summed E-state index contributed by atoms with van der Waals surface area (Å²) < 4.78 is 5.57. The molecule has 1 saturated carbocycles. The van der Waals surface area contributed by atoms with Gasteiger partial charge in [-0.2, -0.15) is 0 Å². The Morgan fingerprint density at radius 1 is 0.969 bits per heavy atom. The van der Waals surface area contributed by atoms with Crippen molar-refractivity contribution < 1.29 is 29.6 Å². The molecule has 1 aromatic heterocycles. The average molecular weight is 889 g/mol. The minimum absolute atomic E-state index is 0.0121. The predicted molar refractivity (Wildman–Crippen MR) is 259 cm³/mol. The third-order valence-corrected chi connectivity index (χ3v) is 14.2. The number of H-pyrrole nitrogens is 1. The number of rotatable bonds is 18. The van der Waals surface area contributed by atoms with Crippen LogP contribution in [0.4, 0.5) is 0 Å². The largest absolute Gasteiger partial charge is 0.504 e. The molecule has 6 rings (SSSR count). The molecule has 2 heterocycles. The molecule has 2 aliphatic carbocycles. The predicted octanol–water partition coefficient (Wildman–Crippen LogP) is 8.39. The van der Waals surface area contributed by atoms with Crippen molar-refractivity contribution in [2.75, 3.05) is 26.7 Å². The molecule has 0 bridgehead atoms. The maximum atomic E-state index is 14.8. The molecular formula is C55H76N4O6. The topological polar surface area (TPSA) is 170 Å². The first kappa shape index (κ1) is 49.6. The minimum atomic E-state index is -0.650. The van der Waals surface area contributed by atoms with Gasteiger partial charge in [-0.05, 0) is 146 Å². The number of methoxy groups -OCH3 is 1. The Balaban J connectivity index is 1.42. The van der Waals surface area contributed by atoms with E-state index >= 15 is 0 Å². The first-order valence-corrected chi connectivity index (χ1v) is 24.4. The average Bonchev–Trinajstić information content (AvgIpc) is 3.66. The lowest BCUT2D eigenvalue weighted by atomic mass is 9.73. The van der Waals surface area contributed by atoms with Crippen molar-refractivity contribution in [3.63, 3.8) is 0 Å². The number of aromatic hydroxyl groups is 1. The van der Waals surface area contributed by atoms with E-state index in [0.717, 1.165) is 78.6 Å². The lowest BCUT2D eigenvalue weighted by Gasteiger charge is -2.33. The zero-order chi connectivity index (χ0) is 46.6. The van der Waals surface area contributed by atoms with Crippen LogP contribution in [0.15, 0.2) is 72.2 Å². The number of carbonyl (C=O) groups is 2. The van der Waals surface area contributed by atoms with Gasteiger partial charge in [-0.3, -0.25) is 9.59 Å². The molecule has 0 radical (unpaired) electrons. The lowest BCUT2D eigenvalue weighted by molar-refractivity contribution is -0.130. The van der Waals surface area contributed by atoms with Crippen LogP contribution >= 0.6 is 0 Å². The van der Waals surface area contributed by atoms with E-state index in [0.29, 0.717) is 56.3 Å². The van der Waals surface area contributed by atoms with E-state index in [9.17, 15) is 24.9 Å². The molecule has 1 fully saturated rings. The number of aryl methyl sites for hydroxylation is 2. The number of phenolic OH excluding ortho intramolecular Hbond substituents is 1. The van der Waals surface area contributed by atoms with Gasteiger partial charge >= 0.3 is 0 Å². The highest BCUT2D eigenvalue weighted by Gasteiger charge is 2.41. The number of carbonyl (C=O) groups excluding carboxylic acids is 2. The minimum Gasteiger partial charge on any atom is -0.504 e. The summed E-state index contributed by atoms with van der Waals surface area (Å²) in [5.74, 6) is 7.98. The fraction of sp³-hybridized carbons (Fsp3) is 0.564. The Morgan fingerprint density at radius 3 is 2.51 bits per heavy atom. The molecule has 0 spiro atoms. The third-order valence-electron chi connectivity index (χ3n) is 14.2. The van der Waals surface area contributed by atoms with Gasteiger partial charge in [-0.1, -0.05) is 76.3 Å². The van der Waals surface area contributed by atoms with Crippen molar-refractivity contribution in [3.05, 3.63) is 106 Å². The summed E-state index contributed by atoms with van der Waals surface area (Å²) in [6.07, 6.45) is 12.4. The Bertz CT molecular complexity index is 2190. The number of benzene rings is 2. The number of hydrogen-bond acceptors (Lipinski definition) is 9. The Kier molecular flexibility index (Phi) is 18.0. The number of dihydropyridines is 1. The summed E-state index contributed by atoms with van der Waals surface area (Å²) in [7, 11) is 1.53. The molecule has 3 aliphatic rings. The zero-order valence-electron chi connectivity index (χ0n) is 39.8. The van der Waals surface area contributed by atoms with Crippen LogP contribution < -0.4 is 21.1 Å². The number of aliphatic hydroxyl groups excluding tert-OH is 2. The van der Waals surface area contributed by atoms with E-state index in [4.69, 9.17) is 10.5 Å². The third kappa shape index (κ3) is 13.6. The monoisotopic (exact) mass is 889 g/mol. The van der Waals surface area contributed by atoms with E-state index in [1.807, 2.05) is 24.4 Å². The molecule has 352 valence electrons. The van der Waals surface area contributed by atoms with E-state index in [2.05, 4.69) is 85.5 Å². The Morgan fingerprint density at radius 2 is 1.77 bits per heavy atom. The number of hydrogen-bond donors (Lipinski definition) is 7. The summed E-state index contributed by atoms with van der Waals surface area (Å²) >= 11 is 0. The molecular weight excluding hydrogens is 813 g/mol. The van der Waals surface area contributed by atoms with Crippen LogP contribution in [0.1, 0.15) is 138 Å². The van der Waals surface area contributed by atoms with Gasteiger partial charge in [0.05, 0.1) is 37.5 Å². The van der Waals surface area contributed by atoms with Gasteiger partial charge in [0, 0.05) is 56.2 Å². The van der Waals surface area contributed by atoms with Gasteiger partial charge in [0.2, 0.25) is 0 Å². The zero-order valence-corrected chi connectivity index (χ0v) is 39.8. The van der Waals surface area contributed by atoms with Crippen molar-refractivity contribution in [1.82, 2.24) is 15.6 Å². The number of phenols is 1. The van der Waals surface area contributed by atoms with Gasteiger partial charge in [0.1, 0.15) is 11.6 Å². The number of aromatic amines is 1. The SMILES string of the molecule is CCCC(C(O)Cc1cc(C(C)CNCC(C)O)c[nH]1)C1CC(CC2=CCNC(N)=C2)CC2C#CC(c3ccccc3CCC(C)C)c3cc(O)c(OC)cc3CCC(=O)CC(=O)C2C1. The first-order chi connectivity index (χ1) is 31.2. The highest BCUT2D eigenvalue weighted by Crippen LogP contribution is 2.45. The van der Waals surface area contributed by atoms with Crippen molar-refractivity contribution >= 4 is 11.6 Å². The summed E-state index contributed by atoms with van der Waals surface area (Å²) in [6.45, 7) is 12.5. The second kappa shape index (κ2) is 23.6. The molecule has 65 heavy (non-hydrogen) atoms. The van der Waals surface area contributed by atoms with Crippen molar-refractivity contribution in [1.29, 1.82) is 0 Å². The van der Waals surface area contributed by atoms with Crippen LogP contribution in [-0.4, -0.2) is 70.8 Å². The lowest BCUT2D eigenvalue weighted by Crippen LogP contribution is -2.33. The Hall–Kier alpha value is -4.82. The molecule has 10 nitrogen and oxygen atoms in total. The van der Waals surface area contributed by atoms with Crippen LogP contribution in [-0.2, 0) is 28.9 Å². The number of aromatic nitrogens is 1. The molecule has 3 aromatic rings. The van der Waals surface area contributed by atoms with Crippen LogP contribution in [0.25, 0.3) is 0 Å². The molecule has 1 aliphatic heterocycles. The van der Waals surface area contributed by atoms with Crippen LogP contribution in [0.3, 0.4) is 0 Å². The molecule has 8 N–H and O–H groups in total. The maximum Gasteiger partial charge on any atom is 0.160 e. The van der Waals surface area contributed by atoms with Gasteiger partial charge in [0.15, 0.2) is 11.5 Å². The fourth-order valence-electron chi connectivity index (χ4n) is 10.7. The van der Waals surface area contributed by atoms with Crippen molar-refractivity contribution in [3.8, 4) is 23.3 Å². The smallest absolute Gasteiger partial charge is 0.160 e. The quantitative estimate of drug-likeness (QED) is 0.0490. The summed E-state index contributed by atoms with van der Waals surface area (Å²) in [5.41, 5.74) is 13.6. The van der Waals surface area contributed by atoms with E-state index in [1.165, 1.54) is 12.7 Å². The standard InChI is InChI=1S/C55H76N4O6/c1-7-10-47(51(62)28-44-25-43(33-59-44)35(4)31-57-32-36(5)60)42-23-38(21-37-19-20-58-55(56)24-37)22-40-16-18-48(46-12-9-8-11-39(46)14-13-34(2)3)49-30-53(64)54(65-6)27-41(49)15-17-45(61)29-52(63)50(40)26-42/h8-9,11-12,19,24-25,27,30,33-36,38,40,42,47-48,50-51,57-60,62,64H,7,10,13-15,17,20-23,26,28-29,31-32,56H2,1-6H3. The van der Waals surface area contributed by atoms with Crippen LogP contribution in [0.5, 0.6) is 11.5 Å². The number of Topliss-reactive ketones (excluding diaryl/α,β-unsaturated/α-hetero) is 2. The number of aliphatic hydroxyl groups is 2.